The minimum Gasteiger partial charge on any atom is -0.444 e. The molecule has 2 amide bonds. The van der Waals surface area contributed by atoms with Crippen LogP contribution >= 0.6 is 0 Å². The maximum atomic E-state index is 13.3. The molecule has 0 bridgehead atoms. The standard InChI is InChI=1S/C24H34N2O4/c1-6-13-24(14-10-15-26(24)22(29)30-23(3,4)5)21(28)25-17-20(16-18(2)27)19-11-8-7-9-12-19/h1,7-9,11-12,18,20,27H,10,13-17H2,2-5H3,(H,25,28)/t18-,20-,24-/m1/s1. The quantitative estimate of drug-likeness (QED) is 0.670. The van der Waals surface area contributed by atoms with Gasteiger partial charge in [-0.05, 0) is 52.5 Å². The number of carbonyl (C=O) groups is 2. The van der Waals surface area contributed by atoms with E-state index in [1.165, 1.54) is 4.90 Å². The molecule has 1 aromatic carbocycles. The van der Waals surface area contributed by atoms with Gasteiger partial charge in [-0.25, -0.2) is 4.79 Å². The third kappa shape index (κ3) is 5.99. The zero-order valence-corrected chi connectivity index (χ0v) is 18.5. The van der Waals surface area contributed by atoms with Crippen LogP contribution in [0.5, 0.6) is 0 Å². The van der Waals surface area contributed by atoms with Crippen molar-refractivity contribution in [3.63, 3.8) is 0 Å². The number of nitrogens with zero attached hydrogens (tertiary/aromatic N) is 1. The third-order valence-corrected chi connectivity index (χ3v) is 5.33. The SMILES string of the molecule is C#CC[C@]1(C(=O)NC[C@@H](C[C@@H](C)O)c2ccccc2)CCCN1C(=O)OC(C)(C)C. The van der Waals surface area contributed by atoms with Crippen LogP contribution in [-0.2, 0) is 9.53 Å². The number of rotatable bonds is 7. The molecule has 6 heteroatoms. The van der Waals surface area contributed by atoms with E-state index in [4.69, 9.17) is 11.2 Å². The molecule has 2 N–H and O–H groups in total. The van der Waals surface area contributed by atoms with E-state index in [-0.39, 0.29) is 18.2 Å². The van der Waals surface area contributed by atoms with Crippen molar-refractivity contribution >= 4 is 12.0 Å². The third-order valence-electron chi connectivity index (χ3n) is 5.33. The number of ether oxygens (including phenoxy) is 1. The number of hydrogen-bond acceptors (Lipinski definition) is 4. The summed E-state index contributed by atoms with van der Waals surface area (Å²) in [5, 5.41) is 12.9. The van der Waals surface area contributed by atoms with Crippen molar-refractivity contribution in [2.24, 2.45) is 0 Å². The number of aliphatic hydroxyl groups excluding tert-OH is 1. The number of terminal acetylenes is 1. The first kappa shape index (κ1) is 23.8. The second-order valence-corrected chi connectivity index (χ2v) is 9.05. The maximum absolute atomic E-state index is 13.3. The molecule has 3 atom stereocenters. The molecule has 1 saturated heterocycles. The Labute approximate surface area is 180 Å². The number of nitrogens with one attached hydrogen (secondary N) is 1. The van der Waals surface area contributed by atoms with Gasteiger partial charge in [-0.1, -0.05) is 30.3 Å². The topological polar surface area (TPSA) is 78.9 Å². The Morgan fingerprint density at radius 1 is 1.33 bits per heavy atom. The van der Waals surface area contributed by atoms with Crippen LogP contribution in [0.3, 0.4) is 0 Å². The van der Waals surface area contributed by atoms with Crippen LogP contribution in [0.25, 0.3) is 0 Å². The van der Waals surface area contributed by atoms with Crippen LogP contribution in [-0.4, -0.2) is 52.3 Å². The van der Waals surface area contributed by atoms with Crippen molar-refractivity contribution in [1.82, 2.24) is 10.2 Å². The van der Waals surface area contributed by atoms with Gasteiger partial charge in [-0.2, -0.15) is 0 Å². The smallest absolute Gasteiger partial charge is 0.411 e. The lowest BCUT2D eigenvalue weighted by atomic mass is 9.89. The molecule has 6 nitrogen and oxygen atoms in total. The van der Waals surface area contributed by atoms with E-state index < -0.39 is 23.3 Å². The van der Waals surface area contributed by atoms with Gasteiger partial charge >= 0.3 is 6.09 Å². The number of carbonyl (C=O) groups excluding carboxylic acids is 2. The first-order chi connectivity index (χ1) is 14.1. The van der Waals surface area contributed by atoms with Crippen molar-refractivity contribution in [3.8, 4) is 12.3 Å². The summed E-state index contributed by atoms with van der Waals surface area (Å²) >= 11 is 0. The Bertz CT molecular complexity index is 764. The average molecular weight is 415 g/mol. The molecule has 30 heavy (non-hydrogen) atoms. The monoisotopic (exact) mass is 414 g/mol. The van der Waals surface area contributed by atoms with E-state index in [0.717, 1.165) is 5.56 Å². The Kier molecular flexibility index (Phi) is 7.91. The van der Waals surface area contributed by atoms with Crippen molar-refractivity contribution in [1.29, 1.82) is 0 Å². The van der Waals surface area contributed by atoms with E-state index in [9.17, 15) is 14.7 Å². The molecule has 0 unspecified atom stereocenters. The van der Waals surface area contributed by atoms with Gasteiger partial charge in [-0.3, -0.25) is 9.69 Å². The Morgan fingerprint density at radius 3 is 2.57 bits per heavy atom. The summed E-state index contributed by atoms with van der Waals surface area (Å²) in [5.74, 6) is 2.27. The van der Waals surface area contributed by atoms with Gasteiger partial charge in [0.25, 0.3) is 0 Å². The van der Waals surface area contributed by atoms with Crippen molar-refractivity contribution in [3.05, 3.63) is 35.9 Å². The molecule has 2 rings (SSSR count). The van der Waals surface area contributed by atoms with Crippen molar-refractivity contribution < 1.29 is 19.4 Å². The Morgan fingerprint density at radius 2 is 2.00 bits per heavy atom. The molecule has 0 radical (unpaired) electrons. The van der Waals surface area contributed by atoms with Gasteiger partial charge in [0, 0.05) is 25.4 Å². The molecule has 1 fully saturated rings. The molecular weight excluding hydrogens is 380 g/mol. The first-order valence-corrected chi connectivity index (χ1v) is 10.5. The molecule has 0 aromatic heterocycles. The fraction of sp³-hybridized carbons (Fsp3) is 0.583. The highest BCUT2D eigenvalue weighted by Crippen LogP contribution is 2.34. The molecule has 0 aliphatic carbocycles. The van der Waals surface area contributed by atoms with Crippen LogP contribution < -0.4 is 5.32 Å². The molecular formula is C24H34N2O4. The van der Waals surface area contributed by atoms with Crippen LogP contribution in [0, 0.1) is 12.3 Å². The Balaban J connectivity index is 2.19. The highest BCUT2D eigenvalue weighted by atomic mass is 16.6. The van der Waals surface area contributed by atoms with Gasteiger partial charge in [0.2, 0.25) is 5.91 Å². The van der Waals surface area contributed by atoms with Gasteiger partial charge in [0.15, 0.2) is 0 Å². The molecule has 1 aliphatic heterocycles. The molecule has 0 spiro atoms. The summed E-state index contributed by atoms with van der Waals surface area (Å²) in [6.07, 6.45) is 6.39. The maximum Gasteiger partial charge on any atom is 0.411 e. The fourth-order valence-electron chi connectivity index (χ4n) is 3.99. The average Bonchev–Trinajstić information content (AvgIpc) is 3.09. The number of benzene rings is 1. The fourth-order valence-corrected chi connectivity index (χ4v) is 3.99. The summed E-state index contributed by atoms with van der Waals surface area (Å²) < 4.78 is 5.53. The normalized spacial score (nSPS) is 20.9. The molecule has 0 saturated carbocycles. The van der Waals surface area contributed by atoms with Crippen LogP contribution in [0.2, 0.25) is 0 Å². The minimum atomic E-state index is -1.11. The Hall–Kier alpha value is -2.52. The van der Waals surface area contributed by atoms with E-state index >= 15 is 0 Å². The lowest BCUT2D eigenvalue weighted by molar-refractivity contribution is -0.131. The van der Waals surface area contributed by atoms with Gasteiger partial charge in [-0.15, -0.1) is 12.3 Å². The van der Waals surface area contributed by atoms with E-state index in [1.807, 2.05) is 30.3 Å². The molecule has 1 heterocycles. The summed E-state index contributed by atoms with van der Waals surface area (Å²) in [6, 6.07) is 9.78. The second-order valence-electron chi connectivity index (χ2n) is 9.05. The van der Waals surface area contributed by atoms with Gasteiger partial charge in [0.1, 0.15) is 11.1 Å². The molecule has 1 aromatic rings. The number of likely N-dealkylation sites (tertiary alicyclic amines) is 1. The zero-order valence-electron chi connectivity index (χ0n) is 18.5. The highest BCUT2D eigenvalue weighted by Gasteiger charge is 2.50. The zero-order chi connectivity index (χ0) is 22.4. The number of aliphatic hydroxyl groups is 1. The van der Waals surface area contributed by atoms with E-state index in [0.29, 0.717) is 32.4 Å². The molecule has 1 aliphatic rings. The summed E-state index contributed by atoms with van der Waals surface area (Å²) in [5.41, 5.74) is -0.725. The lowest BCUT2D eigenvalue weighted by Crippen LogP contribution is -2.58. The van der Waals surface area contributed by atoms with E-state index in [2.05, 4.69) is 11.2 Å². The van der Waals surface area contributed by atoms with Crippen LogP contribution in [0.15, 0.2) is 30.3 Å². The summed E-state index contributed by atoms with van der Waals surface area (Å²) in [6.45, 7) is 7.90. The highest BCUT2D eigenvalue weighted by molar-refractivity contribution is 5.91. The largest absolute Gasteiger partial charge is 0.444 e. The lowest BCUT2D eigenvalue weighted by Gasteiger charge is -2.37. The van der Waals surface area contributed by atoms with Gasteiger partial charge in [0.05, 0.1) is 6.10 Å². The van der Waals surface area contributed by atoms with E-state index in [1.54, 1.807) is 27.7 Å². The number of hydrogen-bond donors (Lipinski definition) is 2. The predicted molar refractivity (Wildman–Crippen MR) is 117 cm³/mol. The van der Waals surface area contributed by atoms with Crippen LogP contribution in [0.1, 0.15) is 64.9 Å². The first-order valence-electron chi connectivity index (χ1n) is 10.5. The second kappa shape index (κ2) is 9.99. The van der Waals surface area contributed by atoms with Crippen LogP contribution in [0.4, 0.5) is 4.79 Å². The number of amides is 2. The van der Waals surface area contributed by atoms with Crippen molar-refractivity contribution in [2.45, 2.75) is 76.5 Å². The molecule has 164 valence electrons. The predicted octanol–water partition coefficient (Wildman–Crippen LogP) is 3.45. The minimum absolute atomic E-state index is 0.0468. The van der Waals surface area contributed by atoms with Crippen molar-refractivity contribution in [2.75, 3.05) is 13.1 Å². The summed E-state index contributed by atoms with van der Waals surface area (Å²) in [7, 11) is 0. The van der Waals surface area contributed by atoms with Gasteiger partial charge < -0.3 is 15.2 Å². The summed E-state index contributed by atoms with van der Waals surface area (Å²) in [4.78, 5) is 27.6.